The lowest BCUT2D eigenvalue weighted by molar-refractivity contribution is 1.48. The van der Waals surface area contributed by atoms with E-state index < -0.39 is 0 Å². The van der Waals surface area contributed by atoms with Crippen LogP contribution in [0.3, 0.4) is 0 Å². The summed E-state index contributed by atoms with van der Waals surface area (Å²) in [6.45, 7) is 4.11. The molecule has 0 spiro atoms. The van der Waals surface area contributed by atoms with E-state index in [0.29, 0.717) is 0 Å². The summed E-state index contributed by atoms with van der Waals surface area (Å²) < 4.78 is 0. The molecule has 0 amide bonds. The fourth-order valence-electron chi connectivity index (χ4n) is 1.20. The van der Waals surface area contributed by atoms with Crippen LogP contribution in [-0.4, -0.2) is 7.85 Å². The molecule has 0 aliphatic carbocycles. The molecule has 2 aromatic rings. The van der Waals surface area contributed by atoms with Crippen LogP contribution >= 0.6 is 0 Å². The summed E-state index contributed by atoms with van der Waals surface area (Å²) >= 11 is 0. The van der Waals surface area contributed by atoms with Gasteiger partial charge >= 0.3 is 0 Å². The van der Waals surface area contributed by atoms with Gasteiger partial charge in [0.15, 0.2) is 0 Å². The number of hydrogen-bond donors (Lipinski definition) is 0. The van der Waals surface area contributed by atoms with E-state index in [0.717, 1.165) is 5.46 Å². The molecule has 0 N–H and O–H groups in total. The van der Waals surface area contributed by atoms with E-state index in [2.05, 4.69) is 19.1 Å². The first kappa shape index (κ1) is 11.6. The minimum absolute atomic E-state index is 0.838. The molecule has 2 aromatic carbocycles. The molecule has 0 saturated heterocycles. The third-order valence-corrected chi connectivity index (χ3v) is 1.98. The molecule has 0 fully saturated rings. The maximum Gasteiger partial charge on any atom is 0.113 e. The van der Waals surface area contributed by atoms with E-state index in [1.807, 2.05) is 49.4 Å². The average Bonchev–Trinajstić information content (AvgIpc) is 2.19. The zero-order valence-corrected chi connectivity index (χ0v) is 9.27. The van der Waals surface area contributed by atoms with Gasteiger partial charge in [0.05, 0.1) is 0 Å². The molecule has 0 bridgehead atoms. The second kappa shape index (κ2) is 6.08. The maximum absolute atomic E-state index is 5.46. The SMILES string of the molecule is Cc1ccccc1.[B]c1cccc(C)c1. The van der Waals surface area contributed by atoms with Crippen molar-refractivity contribution in [3.63, 3.8) is 0 Å². The summed E-state index contributed by atoms with van der Waals surface area (Å²) in [7, 11) is 5.46. The van der Waals surface area contributed by atoms with E-state index in [-0.39, 0.29) is 0 Å². The summed E-state index contributed by atoms with van der Waals surface area (Å²) in [6.07, 6.45) is 0. The standard InChI is InChI=1S/C7H7B.C7H8/c1-6-3-2-4-7(8)5-6;1-7-5-3-2-4-6-7/h2-5H,1H3;2-6H,1H3. The Balaban J connectivity index is 0.000000151. The molecule has 0 nitrogen and oxygen atoms in total. The first-order valence-corrected chi connectivity index (χ1v) is 5.02. The number of benzene rings is 2. The highest BCUT2D eigenvalue weighted by Crippen LogP contribution is 1.92. The fourth-order valence-corrected chi connectivity index (χ4v) is 1.20. The van der Waals surface area contributed by atoms with Crippen molar-refractivity contribution in [2.45, 2.75) is 13.8 Å². The van der Waals surface area contributed by atoms with Gasteiger partial charge in [-0.15, -0.1) is 0 Å². The zero-order chi connectivity index (χ0) is 11.1. The van der Waals surface area contributed by atoms with E-state index in [1.54, 1.807) is 0 Å². The van der Waals surface area contributed by atoms with Crippen molar-refractivity contribution in [2.24, 2.45) is 0 Å². The highest BCUT2D eigenvalue weighted by molar-refractivity contribution is 6.32. The van der Waals surface area contributed by atoms with Gasteiger partial charge in [0.25, 0.3) is 0 Å². The van der Waals surface area contributed by atoms with Gasteiger partial charge in [0, 0.05) is 0 Å². The highest BCUT2D eigenvalue weighted by Gasteiger charge is 1.80. The Morgan fingerprint density at radius 2 is 1.33 bits per heavy atom. The minimum Gasteiger partial charge on any atom is -0.0964 e. The molecule has 74 valence electrons. The fraction of sp³-hybridized carbons (Fsp3) is 0.143. The normalized spacial score (nSPS) is 8.93. The van der Waals surface area contributed by atoms with E-state index in [1.165, 1.54) is 11.1 Å². The molecule has 2 radical (unpaired) electrons. The molecule has 0 saturated carbocycles. The van der Waals surface area contributed by atoms with Gasteiger partial charge in [0.2, 0.25) is 0 Å². The Morgan fingerprint density at radius 3 is 1.67 bits per heavy atom. The predicted molar refractivity (Wildman–Crippen MR) is 67.7 cm³/mol. The Bertz CT molecular complexity index is 376. The quantitative estimate of drug-likeness (QED) is 0.565. The van der Waals surface area contributed by atoms with E-state index in [4.69, 9.17) is 7.85 Å². The first-order chi connectivity index (χ1) is 7.18. The summed E-state index contributed by atoms with van der Waals surface area (Å²) in [6, 6.07) is 18.1. The highest BCUT2D eigenvalue weighted by atomic mass is 13.8. The average molecular weight is 194 g/mol. The molecule has 1 heteroatoms. The molecule has 0 unspecified atom stereocenters. The monoisotopic (exact) mass is 194 g/mol. The van der Waals surface area contributed by atoms with Crippen molar-refractivity contribution in [3.8, 4) is 0 Å². The Hall–Kier alpha value is -1.50. The van der Waals surface area contributed by atoms with Crippen LogP contribution in [0.4, 0.5) is 0 Å². The number of hydrogen-bond acceptors (Lipinski definition) is 0. The van der Waals surface area contributed by atoms with Gasteiger partial charge in [-0.2, -0.15) is 0 Å². The van der Waals surface area contributed by atoms with Gasteiger partial charge in [-0.1, -0.05) is 71.2 Å². The second-order valence-electron chi connectivity index (χ2n) is 3.57. The predicted octanol–water partition coefficient (Wildman–Crippen LogP) is 2.78. The smallest absolute Gasteiger partial charge is 0.0964 e. The van der Waals surface area contributed by atoms with Gasteiger partial charge < -0.3 is 0 Å². The van der Waals surface area contributed by atoms with Crippen LogP contribution in [0, 0.1) is 13.8 Å². The van der Waals surface area contributed by atoms with E-state index >= 15 is 0 Å². The zero-order valence-electron chi connectivity index (χ0n) is 9.27. The lowest BCUT2D eigenvalue weighted by Crippen LogP contribution is -1.99. The van der Waals surface area contributed by atoms with Crippen molar-refractivity contribution in [1.29, 1.82) is 0 Å². The minimum atomic E-state index is 0.838. The van der Waals surface area contributed by atoms with Crippen molar-refractivity contribution in [2.75, 3.05) is 0 Å². The maximum atomic E-state index is 5.46. The van der Waals surface area contributed by atoms with Crippen LogP contribution in [0.1, 0.15) is 11.1 Å². The number of aryl methyl sites for hydroxylation is 2. The molecule has 0 atom stereocenters. The van der Waals surface area contributed by atoms with Crippen LogP contribution in [-0.2, 0) is 0 Å². The Labute approximate surface area is 93.4 Å². The molecule has 0 aromatic heterocycles. The Morgan fingerprint density at radius 1 is 0.733 bits per heavy atom. The van der Waals surface area contributed by atoms with Crippen molar-refractivity contribution >= 4 is 13.3 Å². The molecule has 0 aliphatic heterocycles. The van der Waals surface area contributed by atoms with Crippen LogP contribution in [0.15, 0.2) is 54.6 Å². The lowest BCUT2D eigenvalue weighted by atomic mass is 9.95. The summed E-state index contributed by atoms with van der Waals surface area (Å²) in [5.74, 6) is 0. The van der Waals surface area contributed by atoms with Gasteiger partial charge in [0.1, 0.15) is 7.85 Å². The third kappa shape index (κ3) is 5.07. The van der Waals surface area contributed by atoms with Crippen LogP contribution in [0.25, 0.3) is 0 Å². The summed E-state index contributed by atoms with van der Waals surface area (Å²) in [5, 5.41) is 0. The van der Waals surface area contributed by atoms with Gasteiger partial charge in [-0.05, 0) is 13.8 Å². The van der Waals surface area contributed by atoms with Gasteiger partial charge in [-0.3, -0.25) is 0 Å². The van der Waals surface area contributed by atoms with Crippen molar-refractivity contribution < 1.29 is 0 Å². The van der Waals surface area contributed by atoms with Crippen molar-refractivity contribution in [3.05, 3.63) is 65.7 Å². The molecular weight excluding hydrogens is 179 g/mol. The topological polar surface area (TPSA) is 0 Å². The third-order valence-electron chi connectivity index (χ3n) is 1.98. The second-order valence-corrected chi connectivity index (χ2v) is 3.57. The van der Waals surface area contributed by atoms with Crippen LogP contribution in [0.2, 0.25) is 0 Å². The molecule has 15 heavy (non-hydrogen) atoms. The van der Waals surface area contributed by atoms with Crippen molar-refractivity contribution in [1.82, 2.24) is 0 Å². The Kier molecular flexibility index (Phi) is 4.69. The first-order valence-electron chi connectivity index (χ1n) is 5.02. The summed E-state index contributed by atoms with van der Waals surface area (Å²) in [4.78, 5) is 0. The number of rotatable bonds is 0. The molecular formula is C14H15B. The molecule has 2 rings (SSSR count). The molecule has 0 heterocycles. The van der Waals surface area contributed by atoms with Crippen LogP contribution < -0.4 is 5.46 Å². The largest absolute Gasteiger partial charge is 0.113 e. The van der Waals surface area contributed by atoms with E-state index in [9.17, 15) is 0 Å². The van der Waals surface area contributed by atoms with Gasteiger partial charge in [-0.25, -0.2) is 0 Å². The summed E-state index contributed by atoms with van der Waals surface area (Å²) in [5.41, 5.74) is 3.37. The van der Waals surface area contributed by atoms with Crippen LogP contribution in [0.5, 0.6) is 0 Å². The lowest BCUT2D eigenvalue weighted by Gasteiger charge is -1.91. The molecule has 0 aliphatic rings.